The maximum absolute atomic E-state index is 3.98. The maximum Gasteiger partial charge on any atom is 0.0728 e. The van der Waals surface area contributed by atoms with Crippen molar-refractivity contribution in [2.24, 2.45) is 5.92 Å². The molecule has 2 aromatic rings. The van der Waals surface area contributed by atoms with Gasteiger partial charge in [-0.05, 0) is 31.2 Å². The Morgan fingerprint density at radius 2 is 2.06 bits per heavy atom. The quantitative estimate of drug-likeness (QED) is 0.841. The largest absolute Gasteiger partial charge is 0.375 e. The van der Waals surface area contributed by atoms with Gasteiger partial charge in [0.15, 0.2) is 0 Å². The number of nitrogens with zero attached hydrogens (tertiary/aromatic N) is 1. The van der Waals surface area contributed by atoms with Gasteiger partial charge >= 0.3 is 0 Å². The van der Waals surface area contributed by atoms with Gasteiger partial charge in [-0.15, -0.1) is 0 Å². The van der Waals surface area contributed by atoms with Gasteiger partial charge in [-0.25, -0.2) is 0 Å². The molecule has 17 heavy (non-hydrogen) atoms. The third-order valence-electron chi connectivity index (χ3n) is 3.35. The Morgan fingerprint density at radius 3 is 2.65 bits per heavy atom. The Bertz CT molecular complexity index is 469. The SMILES string of the molecule is Cc1ccc(C(Nc2cn[nH]c2)C2CC2)cc1. The fraction of sp³-hybridized carbons (Fsp3) is 0.357. The third-order valence-corrected chi connectivity index (χ3v) is 3.35. The number of rotatable bonds is 4. The second-order valence-electron chi connectivity index (χ2n) is 4.86. The minimum absolute atomic E-state index is 0.424. The monoisotopic (exact) mass is 227 g/mol. The molecule has 1 aromatic heterocycles. The first-order valence-electron chi connectivity index (χ1n) is 6.15. The number of aromatic amines is 1. The summed E-state index contributed by atoms with van der Waals surface area (Å²) in [6.07, 6.45) is 6.39. The summed E-state index contributed by atoms with van der Waals surface area (Å²) in [5, 5.41) is 10.4. The zero-order valence-corrected chi connectivity index (χ0v) is 9.98. The van der Waals surface area contributed by atoms with Crippen molar-refractivity contribution in [3.8, 4) is 0 Å². The molecule has 0 saturated heterocycles. The van der Waals surface area contributed by atoms with Crippen LogP contribution in [0.25, 0.3) is 0 Å². The number of benzene rings is 1. The van der Waals surface area contributed by atoms with E-state index in [1.165, 1.54) is 24.0 Å². The van der Waals surface area contributed by atoms with Crippen molar-refractivity contribution in [1.29, 1.82) is 0 Å². The van der Waals surface area contributed by atoms with Crippen molar-refractivity contribution < 1.29 is 0 Å². The van der Waals surface area contributed by atoms with Crippen molar-refractivity contribution in [2.75, 3.05) is 5.32 Å². The van der Waals surface area contributed by atoms with E-state index in [4.69, 9.17) is 0 Å². The number of H-pyrrole nitrogens is 1. The highest BCUT2D eigenvalue weighted by molar-refractivity contribution is 5.42. The topological polar surface area (TPSA) is 40.7 Å². The highest BCUT2D eigenvalue weighted by Crippen LogP contribution is 2.42. The van der Waals surface area contributed by atoms with Crippen LogP contribution >= 0.6 is 0 Å². The lowest BCUT2D eigenvalue weighted by molar-refractivity contribution is 0.679. The number of hydrogen-bond donors (Lipinski definition) is 2. The van der Waals surface area contributed by atoms with E-state index in [9.17, 15) is 0 Å². The van der Waals surface area contributed by atoms with Crippen LogP contribution in [0, 0.1) is 12.8 Å². The molecule has 1 aliphatic carbocycles. The number of nitrogens with one attached hydrogen (secondary N) is 2. The van der Waals surface area contributed by atoms with Crippen molar-refractivity contribution >= 4 is 5.69 Å². The molecule has 1 heterocycles. The Balaban J connectivity index is 1.82. The van der Waals surface area contributed by atoms with Crippen molar-refractivity contribution in [3.05, 3.63) is 47.8 Å². The normalized spacial score (nSPS) is 16.8. The van der Waals surface area contributed by atoms with Crippen molar-refractivity contribution in [3.63, 3.8) is 0 Å². The van der Waals surface area contributed by atoms with E-state index in [1.807, 2.05) is 12.4 Å². The molecule has 0 aliphatic heterocycles. The highest BCUT2D eigenvalue weighted by Gasteiger charge is 2.32. The average Bonchev–Trinajstić information content (AvgIpc) is 3.05. The van der Waals surface area contributed by atoms with Crippen LogP contribution in [0.2, 0.25) is 0 Å². The van der Waals surface area contributed by atoms with Crippen LogP contribution in [0.3, 0.4) is 0 Å². The van der Waals surface area contributed by atoms with Gasteiger partial charge in [-0.2, -0.15) is 5.10 Å². The molecule has 0 spiro atoms. The van der Waals surface area contributed by atoms with Crippen LogP contribution < -0.4 is 5.32 Å². The van der Waals surface area contributed by atoms with Crippen LogP contribution in [0.4, 0.5) is 5.69 Å². The lowest BCUT2D eigenvalue weighted by atomic mass is 10.0. The first-order chi connectivity index (χ1) is 8.33. The number of aryl methyl sites for hydroxylation is 1. The number of anilines is 1. The molecule has 1 saturated carbocycles. The van der Waals surface area contributed by atoms with Gasteiger partial charge < -0.3 is 5.32 Å². The van der Waals surface area contributed by atoms with Crippen LogP contribution in [-0.4, -0.2) is 10.2 Å². The molecule has 0 bridgehead atoms. The summed E-state index contributed by atoms with van der Waals surface area (Å²) in [5.41, 5.74) is 3.76. The van der Waals surface area contributed by atoms with Gasteiger partial charge in [0.05, 0.1) is 17.9 Å². The van der Waals surface area contributed by atoms with Crippen molar-refractivity contribution in [1.82, 2.24) is 10.2 Å². The van der Waals surface area contributed by atoms with Gasteiger partial charge in [0.25, 0.3) is 0 Å². The van der Waals surface area contributed by atoms with Gasteiger partial charge in [0.2, 0.25) is 0 Å². The molecular formula is C14H17N3. The summed E-state index contributed by atoms with van der Waals surface area (Å²) in [4.78, 5) is 0. The standard InChI is InChI=1S/C14H17N3/c1-10-2-4-11(5-3-10)14(12-6-7-12)17-13-8-15-16-9-13/h2-5,8-9,12,14,17H,6-7H2,1H3,(H,15,16). The van der Waals surface area contributed by atoms with Crippen LogP contribution in [0.15, 0.2) is 36.7 Å². The highest BCUT2D eigenvalue weighted by atomic mass is 15.1. The predicted octanol–water partition coefficient (Wildman–Crippen LogP) is 3.28. The first-order valence-corrected chi connectivity index (χ1v) is 6.15. The Kier molecular flexibility index (Phi) is 2.59. The molecular weight excluding hydrogens is 210 g/mol. The minimum atomic E-state index is 0.424. The summed E-state index contributed by atoms with van der Waals surface area (Å²) in [6, 6.07) is 9.24. The smallest absolute Gasteiger partial charge is 0.0728 e. The molecule has 1 fully saturated rings. The van der Waals surface area contributed by atoms with E-state index < -0.39 is 0 Å². The van der Waals surface area contributed by atoms with Crippen molar-refractivity contribution in [2.45, 2.75) is 25.8 Å². The molecule has 1 aromatic carbocycles. The summed E-state index contributed by atoms with van der Waals surface area (Å²) in [7, 11) is 0. The lowest BCUT2D eigenvalue weighted by Gasteiger charge is -2.19. The predicted molar refractivity (Wildman–Crippen MR) is 68.9 cm³/mol. The Labute approximate surface area is 101 Å². The molecule has 3 heteroatoms. The zero-order valence-electron chi connectivity index (χ0n) is 9.98. The molecule has 0 radical (unpaired) electrons. The molecule has 1 unspecified atom stereocenters. The summed E-state index contributed by atoms with van der Waals surface area (Å²) in [5.74, 6) is 0.771. The van der Waals surface area contributed by atoms with E-state index >= 15 is 0 Å². The summed E-state index contributed by atoms with van der Waals surface area (Å²) in [6.45, 7) is 2.12. The summed E-state index contributed by atoms with van der Waals surface area (Å²) < 4.78 is 0. The lowest BCUT2D eigenvalue weighted by Crippen LogP contribution is -2.12. The van der Waals surface area contributed by atoms with Crippen LogP contribution in [0.1, 0.15) is 30.0 Å². The van der Waals surface area contributed by atoms with E-state index in [0.29, 0.717) is 6.04 Å². The summed E-state index contributed by atoms with van der Waals surface area (Å²) >= 11 is 0. The molecule has 2 N–H and O–H groups in total. The van der Waals surface area contributed by atoms with Gasteiger partial charge in [-0.1, -0.05) is 29.8 Å². The fourth-order valence-electron chi connectivity index (χ4n) is 2.19. The fourth-order valence-corrected chi connectivity index (χ4v) is 2.19. The molecule has 88 valence electrons. The molecule has 1 aliphatic rings. The second kappa shape index (κ2) is 4.24. The van der Waals surface area contributed by atoms with E-state index in [1.54, 1.807) is 0 Å². The maximum atomic E-state index is 3.98. The third kappa shape index (κ3) is 2.33. The average molecular weight is 227 g/mol. The molecule has 0 amide bonds. The van der Waals surface area contributed by atoms with Gasteiger partial charge in [0, 0.05) is 6.20 Å². The van der Waals surface area contributed by atoms with Crippen LogP contribution in [0.5, 0.6) is 0 Å². The molecule has 1 atom stereocenters. The number of aromatic nitrogens is 2. The van der Waals surface area contributed by atoms with Gasteiger partial charge in [-0.3, -0.25) is 5.10 Å². The second-order valence-corrected chi connectivity index (χ2v) is 4.86. The van der Waals surface area contributed by atoms with E-state index in [0.717, 1.165) is 11.6 Å². The first kappa shape index (κ1) is 10.4. The van der Waals surface area contributed by atoms with E-state index in [2.05, 4.69) is 46.7 Å². The molecule has 3 nitrogen and oxygen atoms in total. The van der Waals surface area contributed by atoms with Crippen LogP contribution in [-0.2, 0) is 0 Å². The minimum Gasteiger partial charge on any atom is -0.375 e. The zero-order chi connectivity index (χ0) is 11.7. The number of hydrogen-bond acceptors (Lipinski definition) is 2. The Hall–Kier alpha value is -1.77. The van der Waals surface area contributed by atoms with E-state index in [-0.39, 0.29) is 0 Å². The molecule has 3 rings (SSSR count). The van der Waals surface area contributed by atoms with Gasteiger partial charge in [0.1, 0.15) is 0 Å². The Morgan fingerprint density at radius 1 is 1.29 bits per heavy atom.